The third-order valence-corrected chi connectivity index (χ3v) is 5.91. The number of nitrogens with zero attached hydrogens (tertiary/aromatic N) is 1. The minimum atomic E-state index is -3.44. The van der Waals surface area contributed by atoms with Crippen molar-refractivity contribution < 1.29 is 13.5 Å². The first-order valence-corrected chi connectivity index (χ1v) is 8.66. The van der Waals surface area contributed by atoms with E-state index in [1.54, 1.807) is 25.1 Å². The Morgan fingerprint density at radius 1 is 1.45 bits per heavy atom. The standard InChI is InChI=1S/C15H23NO3S/c1-3-13-6-4-8-15(10-13)20(18,19)16-9-5-7-14(11-16)12(2)17/h4,6,8,10,12,14,17H,3,5,7,9,11H2,1-2H3. The molecule has 1 aliphatic rings. The van der Waals surface area contributed by atoms with Gasteiger partial charge in [0.05, 0.1) is 11.0 Å². The lowest BCUT2D eigenvalue weighted by Gasteiger charge is -2.33. The fraction of sp³-hybridized carbons (Fsp3) is 0.600. The van der Waals surface area contributed by atoms with Crippen LogP contribution in [0.25, 0.3) is 0 Å². The summed E-state index contributed by atoms with van der Waals surface area (Å²) in [4.78, 5) is 0.364. The van der Waals surface area contributed by atoms with Crippen molar-refractivity contribution in [2.24, 2.45) is 5.92 Å². The van der Waals surface area contributed by atoms with Crippen LogP contribution in [0.4, 0.5) is 0 Å². The lowest BCUT2D eigenvalue weighted by molar-refractivity contribution is 0.0885. The number of aryl methyl sites for hydroxylation is 1. The van der Waals surface area contributed by atoms with Gasteiger partial charge in [-0.3, -0.25) is 0 Å². The number of piperidine rings is 1. The van der Waals surface area contributed by atoms with Gasteiger partial charge in [0, 0.05) is 13.1 Å². The molecular weight excluding hydrogens is 274 g/mol. The van der Waals surface area contributed by atoms with E-state index in [1.807, 2.05) is 13.0 Å². The molecule has 4 nitrogen and oxygen atoms in total. The molecule has 0 aromatic heterocycles. The molecule has 1 aromatic rings. The first kappa shape index (κ1) is 15.5. The Morgan fingerprint density at radius 2 is 2.20 bits per heavy atom. The van der Waals surface area contributed by atoms with Crippen LogP contribution in [0, 0.1) is 5.92 Å². The molecule has 2 atom stereocenters. The zero-order valence-electron chi connectivity index (χ0n) is 12.1. The fourth-order valence-corrected chi connectivity index (χ4v) is 4.27. The van der Waals surface area contributed by atoms with Crippen molar-refractivity contribution in [3.05, 3.63) is 29.8 Å². The van der Waals surface area contributed by atoms with Crippen molar-refractivity contribution in [1.29, 1.82) is 0 Å². The second-order valence-corrected chi connectivity index (χ2v) is 7.44. The molecule has 1 aliphatic heterocycles. The topological polar surface area (TPSA) is 57.6 Å². The van der Waals surface area contributed by atoms with Gasteiger partial charge in [0.1, 0.15) is 0 Å². The molecule has 1 fully saturated rings. The fourth-order valence-electron chi connectivity index (χ4n) is 2.66. The predicted octanol–water partition coefficient (Wildman–Crippen LogP) is 2.03. The van der Waals surface area contributed by atoms with Gasteiger partial charge in [0.15, 0.2) is 0 Å². The molecule has 0 aliphatic carbocycles. The predicted molar refractivity (Wildman–Crippen MR) is 79.0 cm³/mol. The zero-order valence-corrected chi connectivity index (χ0v) is 12.9. The normalized spacial score (nSPS) is 22.6. The van der Waals surface area contributed by atoms with E-state index < -0.39 is 16.1 Å². The molecule has 0 spiro atoms. The van der Waals surface area contributed by atoms with Gasteiger partial charge in [-0.25, -0.2) is 8.42 Å². The van der Waals surface area contributed by atoms with Crippen LogP contribution in [-0.4, -0.2) is 37.0 Å². The SMILES string of the molecule is CCc1cccc(S(=O)(=O)N2CCCC(C(C)O)C2)c1. The van der Waals surface area contributed by atoms with Crippen molar-refractivity contribution in [2.75, 3.05) is 13.1 Å². The zero-order chi connectivity index (χ0) is 14.8. The average Bonchev–Trinajstić information content (AvgIpc) is 2.47. The molecule has 112 valence electrons. The summed E-state index contributed by atoms with van der Waals surface area (Å²) in [7, 11) is -3.44. The van der Waals surface area contributed by atoms with Gasteiger partial charge in [-0.15, -0.1) is 0 Å². The van der Waals surface area contributed by atoms with Crippen LogP contribution in [0.15, 0.2) is 29.2 Å². The number of benzene rings is 1. The van der Waals surface area contributed by atoms with Crippen molar-refractivity contribution in [3.8, 4) is 0 Å². The first-order valence-electron chi connectivity index (χ1n) is 7.22. The summed E-state index contributed by atoms with van der Waals surface area (Å²) in [6, 6.07) is 7.14. The van der Waals surface area contributed by atoms with E-state index >= 15 is 0 Å². The molecule has 1 aromatic carbocycles. The number of aliphatic hydroxyl groups is 1. The molecule has 0 radical (unpaired) electrons. The quantitative estimate of drug-likeness (QED) is 0.925. The van der Waals surface area contributed by atoms with Crippen molar-refractivity contribution in [3.63, 3.8) is 0 Å². The highest BCUT2D eigenvalue weighted by Crippen LogP contribution is 2.26. The molecule has 1 N–H and O–H groups in total. The summed E-state index contributed by atoms with van der Waals surface area (Å²) in [5, 5.41) is 9.69. The van der Waals surface area contributed by atoms with Gasteiger partial charge in [0.2, 0.25) is 10.0 Å². The number of rotatable bonds is 4. The van der Waals surface area contributed by atoms with Gasteiger partial charge >= 0.3 is 0 Å². The number of hydrogen-bond acceptors (Lipinski definition) is 3. The highest BCUT2D eigenvalue weighted by Gasteiger charge is 2.31. The van der Waals surface area contributed by atoms with E-state index in [2.05, 4.69) is 0 Å². The smallest absolute Gasteiger partial charge is 0.243 e. The maximum atomic E-state index is 12.7. The lowest BCUT2D eigenvalue weighted by atomic mass is 9.95. The Morgan fingerprint density at radius 3 is 2.85 bits per heavy atom. The largest absolute Gasteiger partial charge is 0.393 e. The van der Waals surface area contributed by atoms with E-state index in [4.69, 9.17) is 0 Å². The van der Waals surface area contributed by atoms with E-state index in [9.17, 15) is 13.5 Å². The molecule has 20 heavy (non-hydrogen) atoms. The van der Waals surface area contributed by atoms with Crippen LogP contribution in [0.3, 0.4) is 0 Å². The molecule has 0 saturated carbocycles. The molecule has 1 saturated heterocycles. The highest BCUT2D eigenvalue weighted by molar-refractivity contribution is 7.89. The van der Waals surface area contributed by atoms with Gasteiger partial charge in [-0.05, 0) is 49.8 Å². The van der Waals surface area contributed by atoms with Crippen LogP contribution in [-0.2, 0) is 16.4 Å². The van der Waals surface area contributed by atoms with Gasteiger partial charge in [-0.1, -0.05) is 19.1 Å². The van der Waals surface area contributed by atoms with E-state index in [-0.39, 0.29) is 5.92 Å². The third-order valence-electron chi connectivity index (χ3n) is 4.05. The van der Waals surface area contributed by atoms with Crippen LogP contribution in [0.5, 0.6) is 0 Å². The number of aliphatic hydroxyl groups excluding tert-OH is 1. The van der Waals surface area contributed by atoms with Gasteiger partial charge < -0.3 is 5.11 Å². The third kappa shape index (κ3) is 3.22. The monoisotopic (exact) mass is 297 g/mol. The molecule has 2 rings (SSSR count). The van der Waals surface area contributed by atoms with Gasteiger partial charge in [-0.2, -0.15) is 4.31 Å². The minimum absolute atomic E-state index is 0.0351. The second kappa shape index (κ2) is 6.24. The second-order valence-electron chi connectivity index (χ2n) is 5.51. The van der Waals surface area contributed by atoms with Crippen LogP contribution >= 0.6 is 0 Å². The van der Waals surface area contributed by atoms with Crippen molar-refractivity contribution in [2.45, 2.75) is 44.1 Å². The average molecular weight is 297 g/mol. The summed E-state index contributed by atoms with van der Waals surface area (Å²) < 4.78 is 26.9. The molecule has 0 amide bonds. The summed E-state index contributed by atoms with van der Waals surface area (Å²) in [5.74, 6) is 0.0351. The van der Waals surface area contributed by atoms with E-state index in [0.29, 0.717) is 18.0 Å². The minimum Gasteiger partial charge on any atom is -0.393 e. The van der Waals surface area contributed by atoms with Crippen LogP contribution in [0.2, 0.25) is 0 Å². The Kier molecular flexibility index (Phi) is 4.83. The molecule has 1 heterocycles. The Labute approximate surface area is 121 Å². The maximum Gasteiger partial charge on any atom is 0.243 e. The summed E-state index contributed by atoms with van der Waals surface area (Å²) in [6.45, 7) is 4.70. The highest BCUT2D eigenvalue weighted by atomic mass is 32.2. The molecule has 0 bridgehead atoms. The van der Waals surface area contributed by atoms with E-state index in [1.165, 1.54) is 4.31 Å². The maximum absolute atomic E-state index is 12.7. The first-order chi connectivity index (χ1) is 9.45. The summed E-state index contributed by atoms with van der Waals surface area (Å²) >= 11 is 0. The summed E-state index contributed by atoms with van der Waals surface area (Å²) in [5.41, 5.74) is 1.02. The summed E-state index contributed by atoms with van der Waals surface area (Å²) in [6.07, 6.45) is 2.05. The Balaban J connectivity index is 2.25. The van der Waals surface area contributed by atoms with Crippen LogP contribution < -0.4 is 0 Å². The molecular formula is C15H23NO3S. The van der Waals surface area contributed by atoms with Crippen molar-refractivity contribution in [1.82, 2.24) is 4.31 Å². The van der Waals surface area contributed by atoms with Gasteiger partial charge in [0.25, 0.3) is 0 Å². The van der Waals surface area contributed by atoms with Crippen molar-refractivity contribution >= 4 is 10.0 Å². The Hall–Kier alpha value is -0.910. The number of sulfonamides is 1. The molecule has 5 heteroatoms. The lowest BCUT2D eigenvalue weighted by Crippen LogP contribution is -2.42. The number of hydrogen-bond donors (Lipinski definition) is 1. The Bertz CT molecular complexity index is 554. The van der Waals surface area contributed by atoms with E-state index in [0.717, 1.165) is 24.8 Å². The van der Waals surface area contributed by atoms with Crippen LogP contribution in [0.1, 0.15) is 32.3 Å². The molecule has 2 unspecified atom stereocenters.